The van der Waals surface area contributed by atoms with E-state index in [-0.39, 0.29) is 16.8 Å². The Labute approximate surface area is 130 Å². The molecule has 2 rings (SSSR count). The van der Waals surface area contributed by atoms with Crippen LogP contribution in [0.25, 0.3) is 0 Å². The fraction of sp³-hybridized carbons (Fsp3) is 0.154. The summed E-state index contributed by atoms with van der Waals surface area (Å²) in [5.41, 5.74) is 1.79. The molecule has 0 fully saturated rings. The van der Waals surface area contributed by atoms with E-state index in [2.05, 4.69) is 31.4 Å². The lowest BCUT2D eigenvalue weighted by atomic mass is 10.2. The number of carbonyl (C=O) groups excluding carboxylic acids is 1. The number of aromatic nitrogens is 2. The molecule has 20 heavy (non-hydrogen) atoms. The average molecular weight is 356 g/mol. The number of rotatable bonds is 3. The van der Waals surface area contributed by atoms with Gasteiger partial charge in [-0.2, -0.15) is 0 Å². The molecule has 0 aliphatic heterocycles. The van der Waals surface area contributed by atoms with Gasteiger partial charge in [0.2, 0.25) is 0 Å². The molecule has 1 N–H and O–H groups in total. The van der Waals surface area contributed by atoms with Gasteiger partial charge in [0.1, 0.15) is 0 Å². The Hall–Kier alpha value is -1.66. The predicted octanol–water partition coefficient (Wildman–Crippen LogP) is 3.21. The molecular weight excluding hydrogens is 344 g/mol. The van der Waals surface area contributed by atoms with Gasteiger partial charge >= 0.3 is 0 Å². The third-order valence-electron chi connectivity index (χ3n) is 2.55. The highest BCUT2D eigenvalue weighted by Crippen LogP contribution is 2.28. The maximum Gasteiger partial charge on any atom is 0.276 e. The predicted molar refractivity (Wildman–Crippen MR) is 83.5 cm³/mol. The average Bonchev–Trinajstić information content (AvgIpc) is 2.39. The highest BCUT2D eigenvalue weighted by molar-refractivity contribution is 9.10. The minimum absolute atomic E-state index is 0.207. The molecule has 0 atom stereocenters. The van der Waals surface area contributed by atoms with Crippen LogP contribution in [0.3, 0.4) is 0 Å². The minimum Gasteiger partial charge on any atom is -0.376 e. The van der Waals surface area contributed by atoms with Crippen molar-refractivity contribution in [1.82, 2.24) is 10.2 Å². The van der Waals surface area contributed by atoms with Gasteiger partial charge in [0.25, 0.3) is 5.91 Å². The van der Waals surface area contributed by atoms with Gasteiger partial charge in [-0.1, -0.05) is 27.5 Å². The first-order chi connectivity index (χ1) is 9.47. The van der Waals surface area contributed by atoms with Gasteiger partial charge in [0, 0.05) is 18.6 Å². The fourth-order valence-electron chi connectivity index (χ4n) is 1.62. The van der Waals surface area contributed by atoms with Crippen molar-refractivity contribution >= 4 is 44.8 Å². The van der Waals surface area contributed by atoms with E-state index in [1.807, 2.05) is 37.2 Å². The Morgan fingerprint density at radius 2 is 2.00 bits per heavy atom. The molecule has 1 aromatic heterocycles. The van der Waals surface area contributed by atoms with E-state index in [0.717, 1.165) is 10.2 Å². The lowest BCUT2D eigenvalue weighted by molar-refractivity contribution is 0.102. The van der Waals surface area contributed by atoms with Gasteiger partial charge in [-0.3, -0.25) is 4.79 Å². The van der Waals surface area contributed by atoms with Crippen molar-refractivity contribution in [2.24, 2.45) is 0 Å². The minimum atomic E-state index is -0.338. The number of carbonyl (C=O) groups is 1. The van der Waals surface area contributed by atoms with Gasteiger partial charge in [-0.05, 0) is 30.3 Å². The van der Waals surface area contributed by atoms with Crippen molar-refractivity contribution in [3.63, 3.8) is 0 Å². The summed E-state index contributed by atoms with van der Waals surface area (Å²) in [4.78, 5) is 14.0. The van der Waals surface area contributed by atoms with E-state index in [1.165, 1.54) is 12.1 Å². The Bertz CT molecular complexity index is 631. The van der Waals surface area contributed by atoms with Crippen LogP contribution >= 0.6 is 27.5 Å². The summed E-state index contributed by atoms with van der Waals surface area (Å²) < 4.78 is 0.876. The summed E-state index contributed by atoms with van der Waals surface area (Å²) in [5, 5.41) is 10.5. The van der Waals surface area contributed by atoms with Crippen LogP contribution in [0.1, 0.15) is 10.5 Å². The molecule has 1 heterocycles. The SMILES string of the molecule is CN(C)c1ccc(Br)cc1NC(=O)c1ccc(Cl)nn1. The third kappa shape index (κ3) is 3.46. The van der Waals surface area contributed by atoms with Crippen LogP contribution in [0, 0.1) is 0 Å². The zero-order valence-electron chi connectivity index (χ0n) is 10.9. The number of hydrogen-bond donors (Lipinski definition) is 1. The molecule has 0 aliphatic carbocycles. The van der Waals surface area contributed by atoms with Crippen LogP contribution in [0.5, 0.6) is 0 Å². The largest absolute Gasteiger partial charge is 0.376 e. The molecule has 104 valence electrons. The van der Waals surface area contributed by atoms with Crippen LogP contribution in [-0.4, -0.2) is 30.2 Å². The quantitative estimate of drug-likeness (QED) is 0.918. The smallest absolute Gasteiger partial charge is 0.276 e. The fourth-order valence-corrected chi connectivity index (χ4v) is 2.08. The van der Waals surface area contributed by atoms with Crippen molar-refractivity contribution in [2.75, 3.05) is 24.3 Å². The first-order valence-corrected chi connectivity index (χ1v) is 6.92. The summed E-state index contributed by atoms with van der Waals surface area (Å²) in [6.07, 6.45) is 0. The van der Waals surface area contributed by atoms with Gasteiger partial charge in [-0.25, -0.2) is 0 Å². The van der Waals surface area contributed by atoms with E-state index in [4.69, 9.17) is 11.6 Å². The summed E-state index contributed by atoms with van der Waals surface area (Å²) in [6, 6.07) is 8.70. The summed E-state index contributed by atoms with van der Waals surface area (Å²) in [6.45, 7) is 0. The summed E-state index contributed by atoms with van der Waals surface area (Å²) in [5.74, 6) is -0.338. The molecule has 7 heteroatoms. The Balaban J connectivity index is 2.27. The highest BCUT2D eigenvalue weighted by Gasteiger charge is 2.12. The number of nitrogens with one attached hydrogen (secondary N) is 1. The van der Waals surface area contributed by atoms with Crippen molar-refractivity contribution in [2.45, 2.75) is 0 Å². The van der Waals surface area contributed by atoms with E-state index in [9.17, 15) is 4.79 Å². The zero-order chi connectivity index (χ0) is 14.7. The van der Waals surface area contributed by atoms with Crippen LogP contribution in [-0.2, 0) is 0 Å². The standard InChI is InChI=1S/C13H12BrClN4O/c1-19(2)11-5-3-8(14)7-10(11)16-13(20)9-4-6-12(15)18-17-9/h3-7H,1-2H3,(H,16,20). The number of amides is 1. The topological polar surface area (TPSA) is 58.1 Å². The van der Waals surface area contributed by atoms with Crippen LogP contribution in [0.4, 0.5) is 11.4 Å². The molecule has 2 aromatic rings. The Kier molecular flexibility index (Phi) is 4.57. The van der Waals surface area contributed by atoms with Crippen molar-refractivity contribution in [3.8, 4) is 0 Å². The lowest BCUT2D eigenvalue weighted by Crippen LogP contribution is -2.18. The van der Waals surface area contributed by atoms with Crippen LogP contribution in [0.15, 0.2) is 34.8 Å². The molecule has 5 nitrogen and oxygen atoms in total. The Morgan fingerprint density at radius 3 is 2.60 bits per heavy atom. The summed E-state index contributed by atoms with van der Waals surface area (Å²) >= 11 is 9.03. The third-order valence-corrected chi connectivity index (χ3v) is 3.25. The second kappa shape index (κ2) is 6.19. The molecule has 0 saturated carbocycles. The second-order valence-corrected chi connectivity index (χ2v) is 5.55. The van der Waals surface area contributed by atoms with Crippen LogP contribution < -0.4 is 10.2 Å². The van der Waals surface area contributed by atoms with Gasteiger partial charge in [0.05, 0.1) is 11.4 Å². The van der Waals surface area contributed by atoms with Crippen molar-refractivity contribution < 1.29 is 4.79 Å². The van der Waals surface area contributed by atoms with E-state index < -0.39 is 0 Å². The summed E-state index contributed by atoms with van der Waals surface area (Å²) in [7, 11) is 3.81. The van der Waals surface area contributed by atoms with Gasteiger partial charge in [0.15, 0.2) is 10.8 Å². The van der Waals surface area contributed by atoms with Crippen molar-refractivity contribution in [3.05, 3.63) is 45.7 Å². The van der Waals surface area contributed by atoms with Crippen LogP contribution in [0.2, 0.25) is 5.15 Å². The number of hydrogen-bond acceptors (Lipinski definition) is 4. The number of halogens is 2. The highest BCUT2D eigenvalue weighted by atomic mass is 79.9. The first kappa shape index (κ1) is 14.7. The molecule has 0 radical (unpaired) electrons. The first-order valence-electron chi connectivity index (χ1n) is 5.75. The monoisotopic (exact) mass is 354 g/mol. The molecule has 0 spiro atoms. The molecule has 1 amide bonds. The van der Waals surface area contributed by atoms with E-state index in [0.29, 0.717) is 5.69 Å². The molecular formula is C13H12BrClN4O. The Morgan fingerprint density at radius 1 is 1.25 bits per heavy atom. The number of nitrogens with zero attached hydrogens (tertiary/aromatic N) is 3. The maximum atomic E-state index is 12.1. The number of anilines is 2. The lowest BCUT2D eigenvalue weighted by Gasteiger charge is -2.18. The zero-order valence-corrected chi connectivity index (χ0v) is 13.2. The van der Waals surface area contributed by atoms with Gasteiger partial charge < -0.3 is 10.2 Å². The second-order valence-electron chi connectivity index (χ2n) is 4.25. The normalized spacial score (nSPS) is 10.2. The molecule has 0 unspecified atom stereocenters. The molecule has 1 aromatic carbocycles. The van der Waals surface area contributed by atoms with E-state index >= 15 is 0 Å². The van der Waals surface area contributed by atoms with E-state index in [1.54, 1.807) is 0 Å². The van der Waals surface area contributed by atoms with Crippen molar-refractivity contribution in [1.29, 1.82) is 0 Å². The molecule has 0 bridgehead atoms. The number of benzene rings is 1. The molecule has 0 saturated heterocycles. The van der Waals surface area contributed by atoms with Gasteiger partial charge in [-0.15, -0.1) is 10.2 Å². The maximum absolute atomic E-state index is 12.1. The molecule has 0 aliphatic rings.